The van der Waals surface area contributed by atoms with Crippen LogP contribution >= 0.6 is 0 Å². The number of ether oxygens (including phenoxy) is 2. The van der Waals surface area contributed by atoms with Crippen LogP contribution in [0.4, 0.5) is 0 Å². The molecule has 0 radical (unpaired) electrons. The van der Waals surface area contributed by atoms with E-state index in [0.29, 0.717) is 5.57 Å². The van der Waals surface area contributed by atoms with E-state index in [0.717, 1.165) is 0 Å². The van der Waals surface area contributed by atoms with Crippen molar-refractivity contribution < 1.29 is 34.7 Å². The zero-order chi connectivity index (χ0) is 19.9. The van der Waals surface area contributed by atoms with Gasteiger partial charge in [0, 0.05) is 6.08 Å². The maximum Gasteiger partial charge on any atom is 0.330 e. The molecule has 1 fully saturated rings. The van der Waals surface area contributed by atoms with Gasteiger partial charge in [-0.1, -0.05) is 24.6 Å². The van der Waals surface area contributed by atoms with Gasteiger partial charge in [-0.3, -0.25) is 0 Å². The molecule has 150 valence electrons. The first-order chi connectivity index (χ1) is 12.1. The Hall–Kier alpha value is -1.25. The Bertz CT molecular complexity index is 514. The standard InChI is InChI=1S/C19H32O7/c1-5-25-16(21)10-12(2)9-15-17(22)18(23)19(24,11-26-15)8-6-7-13(3)14(4)20/h6-7,10,13-15,17-18,20,22-24H,5,8-9,11H2,1-4H3/b7-6+,12-10+/t13-,14+,15+,17+,18+,19-/m1/s1. The van der Waals surface area contributed by atoms with Crippen molar-refractivity contribution in [2.75, 3.05) is 13.2 Å². The van der Waals surface area contributed by atoms with Crippen LogP contribution in [0.15, 0.2) is 23.8 Å². The average molecular weight is 372 g/mol. The first-order valence-electron chi connectivity index (χ1n) is 8.99. The maximum absolute atomic E-state index is 11.4. The average Bonchev–Trinajstić information content (AvgIpc) is 2.55. The molecule has 0 saturated carbocycles. The van der Waals surface area contributed by atoms with Gasteiger partial charge in [-0.15, -0.1) is 0 Å². The number of aliphatic hydroxyl groups excluding tert-OH is 3. The van der Waals surface area contributed by atoms with E-state index in [1.807, 2.05) is 6.92 Å². The number of carbonyl (C=O) groups excluding carboxylic acids is 1. The Morgan fingerprint density at radius 2 is 2.04 bits per heavy atom. The molecule has 0 spiro atoms. The highest BCUT2D eigenvalue weighted by Crippen LogP contribution is 2.30. The summed E-state index contributed by atoms with van der Waals surface area (Å²) in [6.45, 7) is 7.06. The van der Waals surface area contributed by atoms with E-state index >= 15 is 0 Å². The monoisotopic (exact) mass is 372 g/mol. The van der Waals surface area contributed by atoms with Crippen molar-refractivity contribution in [3.05, 3.63) is 23.8 Å². The molecular weight excluding hydrogens is 340 g/mol. The van der Waals surface area contributed by atoms with Crippen molar-refractivity contribution in [3.8, 4) is 0 Å². The molecule has 7 heteroatoms. The summed E-state index contributed by atoms with van der Waals surface area (Å²) in [4.78, 5) is 11.4. The quantitative estimate of drug-likeness (QED) is 0.281. The Kier molecular flexibility index (Phi) is 8.92. The molecule has 1 rings (SSSR count). The molecule has 0 aromatic rings. The van der Waals surface area contributed by atoms with Crippen LogP contribution in [0.3, 0.4) is 0 Å². The normalized spacial score (nSPS) is 32.5. The van der Waals surface area contributed by atoms with Gasteiger partial charge in [0.2, 0.25) is 0 Å². The minimum Gasteiger partial charge on any atom is -0.463 e. The smallest absolute Gasteiger partial charge is 0.330 e. The summed E-state index contributed by atoms with van der Waals surface area (Å²) in [6.07, 6.45) is 1.16. The molecule has 6 atom stereocenters. The van der Waals surface area contributed by atoms with Gasteiger partial charge in [0.05, 0.1) is 25.4 Å². The fourth-order valence-electron chi connectivity index (χ4n) is 2.72. The lowest BCUT2D eigenvalue weighted by Gasteiger charge is -2.43. The van der Waals surface area contributed by atoms with Crippen molar-refractivity contribution >= 4 is 5.97 Å². The largest absolute Gasteiger partial charge is 0.463 e. The van der Waals surface area contributed by atoms with E-state index in [1.165, 1.54) is 6.08 Å². The molecule has 7 nitrogen and oxygen atoms in total. The van der Waals surface area contributed by atoms with E-state index in [-0.39, 0.29) is 32.0 Å². The van der Waals surface area contributed by atoms with Crippen molar-refractivity contribution in [1.82, 2.24) is 0 Å². The molecule has 1 heterocycles. The van der Waals surface area contributed by atoms with Crippen LogP contribution in [-0.4, -0.2) is 69.6 Å². The van der Waals surface area contributed by atoms with E-state index in [1.54, 1.807) is 32.9 Å². The third kappa shape index (κ3) is 6.48. The summed E-state index contributed by atoms with van der Waals surface area (Å²) in [7, 11) is 0. The summed E-state index contributed by atoms with van der Waals surface area (Å²) in [5.41, 5.74) is -0.959. The second-order valence-corrected chi connectivity index (χ2v) is 7.07. The highest BCUT2D eigenvalue weighted by atomic mass is 16.5. The van der Waals surface area contributed by atoms with Crippen LogP contribution in [0, 0.1) is 5.92 Å². The minimum absolute atomic E-state index is 0.0893. The van der Waals surface area contributed by atoms with Crippen molar-refractivity contribution in [2.45, 2.75) is 70.6 Å². The Labute approximate surface area is 154 Å². The molecule has 0 bridgehead atoms. The number of aliphatic hydroxyl groups is 4. The van der Waals surface area contributed by atoms with Crippen molar-refractivity contribution in [1.29, 1.82) is 0 Å². The van der Waals surface area contributed by atoms with E-state index in [4.69, 9.17) is 9.47 Å². The maximum atomic E-state index is 11.4. The molecule has 0 amide bonds. The molecule has 1 aliphatic heterocycles. The molecule has 4 N–H and O–H groups in total. The molecule has 26 heavy (non-hydrogen) atoms. The molecule has 0 aromatic heterocycles. The topological polar surface area (TPSA) is 116 Å². The molecule has 0 aromatic carbocycles. The third-order valence-electron chi connectivity index (χ3n) is 4.65. The molecule has 1 saturated heterocycles. The highest BCUT2D eigenvalue weighted by Gasteiger charge is 2.47. The van der Waals surface area contributed by atoms with Gasteiger partial charge in [-0.25, -0.2) is 4.79 Å². The van der Waals surface area contributed by atoms with Crippen molar-refractivity contribution in [2.24, 2.45) is 5.92 Å². The van der Waals surface area contributed by atoms with Gasteiger partial charge in [-0.2, -0.15) is 0 Å². The fourth-order valence-corrected chi connectivity index (χ4v) is 2.72. The number of rotatable bonds is 8. The number of hydrogen-bond donors (Lipinski definition) is 4. The SMILES string of the molecule is CCOC(=O)/C=C(\C)C[C@@H]1OC[C@](O)(C/C=C/[C@@H](C)[C@H](C)O)[C@@H](O)[C@H]1O. The van der Waals surface area contributed by atoms with Crippen molar-refractivity contribution in [3.63, 3.8) is 0 Å². The second-order valence-electron chi connectivity index (χ2n) is 7.07. The number of esters is 1. The van der Waals surface area contributed by atoms with Crippen LogP contribution < -0.4 is 0 Å². The van der Waals surface area contributed by atoms with Crippen LogP contribution in [0.5, 0.6) is 0 Å². The van der Waals surface area contributed by atoms with Gasteiger partial charge in [-0.05, 0) is 39.5 Å². The zero-order valence-electron chi connectivity index (χ0n) is 16.0. The number of carbonyl (C=O) groups is 1. The number of hydrogen-bond acceptors (Lipinski definition) is 7. The molecule has 0 unspecified atom stereocenters. The predicted octanol–water partition coefficient (Wildman–Crippen LogP) is 0.701. The lowest BCUT2D eigenvalue weighted by molar-refractivity contribution is -0.232. The highest BCUT2D eigenvalue weighted by molar-refractivity contribution is 5.82. The van der Waals surface area contributed by atoms with E-state index in [9.17, 15) is 25.2 Å². The van der Waals surface area contributed by atoms with Crippen LogP contribution in [-0.2, 0) is 14.3 Å². The molecular formula is C19H32O7. The first kappa shape index (κ1) is 22.8. The molecule has 0 aliphatic carbocycles. The van der Waals surface area contributed by atoms with Gasteiger partial charge in [0.1, 0.15) is 17.8 Å². The second kappa shape index (κ2) is 10.2. The van der Waals surface area contributed by atoms with Crippen LogP contribution in [0.2, 0.25) is 0 Å². The van der Waals surface area contributed by atoms with Crippen LogP contribution in [0.25, 0.3) is 0 Å². The Morgan fingerprint density at radius 3 is 2.62 bits per heavy atom. The van der Waals surface area contributed by atoms with Gasteiger partial charge < -0.3 is 29.9 Å². The summed E-state index contributed by atoms with van der Waals surface area (Å²) >= 11 is 0. The molecule has 1 aliphatic rings. The summed E-state index contributed by atoms with van der Waals surface area (Å²) in [5.74, 6) is -0.557. The first-order valence-corrected chi connectivity index (χ1v) is 8.99. The minimum atomic E-state index is -1.61. The third-order valence-corrected chi connectivity index (χ3v) is 4.65. The van der Waals surface area contributed by atoms with Gasteiger partial charge in [0.25, 0.3) is 0 Å². The van der Waals surface area contributed by atoms with E-state index < -0.39 is 36.0 Å². The van der Waals surface area contributed by atoms with E-state index in [2.05, 4.69) is 0 Å². The predicted molar refractivity (Wildman–Crippen MR) is 96.3 cm³/mol. The summed E-state index contributed by atoms with van der Waals surface area (Å²) in [5, 5.41) is 40.7. The summed E-state index contributed by atoms with van der Waals surface area (Å²) in [6, 6.07) is 0. The lowest BCUT2D eigenvalue weighted by atomic mass is 9.83. The Balaban J connectivity index is 2.67. The zero-order valence-corrected chi connectivity index (χ0v) is 16.0. The van der Waals surface area contributed by atoms with Crippen LogP contribution in [0.1, 0.15) is 40.5 Å². The van der Waals surface area contributed by atoms with Gasteiger partial charge in [0.15, 0.2) is 0 Å². The lowest BCUT2D eigenvalue weighted by Crippen LogP contribution is -2.61. The fraction of sp³-hybridized carbons (Fsp3) is 0.737. The van der Waals surface area contributed by atoms with Gasteiger partial charge >= 0.3 is 5.97 Å². The summed E-state index contributed by atoms with van der Waals surface area (Å²) < 4.78 is 10.4. The Morgan fingerprint density at radius 1 is 1.38 bits per heavy atom.